The molecule has 2 rings (SSSR count). The molecule has 0 saturated heterocycles. The van der Waals surface area contributed by atoms with Crippen LogP contribution in [0.1, 0.15) is 34.0 Å². The second kappa shape index (κ2) is 5.79. The molecule has 0 aromatic carbocycles. The van der Waals surface area contributed by atoms with Crippen molar-refractivity contribution in [2.24, 2.45) is 0 Å². The molecule has 0 spiro atoms. The number of carbonyl (C=O) groups is 1. The maximum Gasteiger partial charge on any atom is 0.338 e. The van der Waals surface area contributed by atoms with Crippen molar-refractivity contribution in [3.05, 3.63) is 40.0 Å². The lowest BCUT2D eigenvalue weighted by molar-refractivity contribution is 0.0600. The van der Waals surface area contributed by atoms with Crippen LogP contribution < -0.4 is 5.32 Å². The fraction of sp³-hybridized carbons (Fsp3) is 0.308. The van der Waals surface area contributed by atoms with Crippen LogP contribution in [0, 0.1) is 6.92 Å². The topological polar surface area (TPSA) is 64.1 Å². The number of anilines is 1. The van der Waals surface area contributed by atoms with Crippen LogP contribution in [-0.4, -0.2) is 23.0 Å². The first kappa shape index (κ1) is 13.5. The normalized spacial score (nSPS) is 11.9. The molecule has 0 radical (unpaired) electrons. The molecule has 0 aliphatic heterocycles. The third-order valence-electron chi connectivity index (χ3n) is 2.55. The molecule has 0 amide bonds. The van der Waals surface area contributed by atoms with Crippen molar-refractivity contribution in [1.82, 2.24) is 9.97 Å². The van der Waals surface area contributed by atoms with Crippen molar-refractivity contribution in [2.45, 2.75) is 19.9 Å². The number of hydrogen-bond donors (Lipinski definition) is 1. The van der Waals surface area contributed by atoms with E-state index < -0.39 is 0 Å². The van der Waals surface area contributed by atoms with Gasteiger partial charge in [-0.05, 0) is 26.0 Å². The Morgan fingerprint density at radius 2 is 2.32 bits per heavy atom. The summed E-state index contributed by atoms with van der Waals surface area (Å²) in [4.78, 5) is 20.0. The van der Waals surface area contributed by atoms with Crippen LogP contribution >= 0.6 is 11.3 Å². The smallest absolute Gasteiger partial charge is 0.338 e. The van der Waals surface area contributed by atoms with Gasteiger partial charge in [-0.15, -0.1) is 11.3 Å². The summed E-state index contributed by atoms with van der Waals surface area (Å²) in [5.41, 5.74) is 1.48. The van der Waals surface area contributed by atoms with Crippen LogP contribution in [0.5, 0.6) is 0 Å². The Morgan fingerprint density at radius 1 is 1.53 bits per heavy atom. The van der Waals surface area contributed by atoms with E-state index in [2.05, 4.69) is 20.0 Å². The highest BCUT2D eigenvalue weighted by Crippen LogP contribution is 2.21. The van der Waals surface area contributed by atoms with E-state index in [1.165, 1.54) is 7.11 Å². The Bertz CT molecular complexity index is 583. The zero-order chi connectivity index (χ0) is 13.8. The molecule has 0 saturated carbocycles. The second-order valence-electron chi connectivity index (χ2n) is 4.11. The van der Waals surface area contributed by atoms with Gasteiger partial charge in [0, 0.05) is 17.3 Å². The van der Waals surface area contributed by atoms with Gasteiger partial charge in [0.2, 0.25) is 0 Å². The lowest BCUT2D eigenvalue weighted by atomic mass is 10.2. The average molecular weight is 277 g/mol. The molecule has 0 aliphatic rings. The number of nitrogens with zero attached hydrogens (tertiary/aromatic N) is 2. The third-order valence-corrected chi connectivity index (χ3v) is 3.70. The van der Waals surface area contributed by atoms with Crippen molar-refractivity contribution in [3.8, 4) is 0 Å². The maximum absolute atomic E-state index is 11.4. The summed E-state index contributed by atoms with van der Waals surface area (Å²) in [5.74, 6) is 0.256. The molecule has 1 N–H and O–H groups in total. The standard InChI is InChI=1S/C13H15N3O2S/c1-8-7-19-12(15-8)9(2)16-11-6-10(4-5-14-11)13(17)18-3/h4-7,9H,1-3H3,(H,14,16). The zero-order valence-corrected chi connectivity index (χ0v) is 11.8. The van der Waals surface area contributed by atoms with Gasteiger partial charge in [-0.3, -0.25) is 0 Å². The highest BCUT2D eigenvalue weighted by Gasteiger charge is 2.11. The third kappa shape index (κ3) is 3.29. The Balaban J connectivity index is 2.12. The minimum absolute atomic E-state index is 0.0408. The molecule has 1 atom stereocenters. The molecule has 100 valence electrons. The Hall–Kier alpha value is -1.95. The van der Waals surface area contributed by atoms with Crippen LogP contribution in [0.4, 0.5) is 5.82 Å². The van der Waals surface area contributed by atoms with E-state index in [-0.39, 0.29) is 12.0 Å². The van der Waals surface area contributed by atoms with Gasteiger partial charge in [0.1, 0.15) is 10.8 Å². The molecular formula is C13H15N3O2S. The van der Waals surface area contributed by atoms with Gasteiger partial charge in [-0.1, -0.05) is 0 Å². The zero-order valence-electron chi connectivity index (χ0n) is 11.0. The number of carbonyl (C=O) groups excluding carboxylic acids is 1. The summed E-state index contributed by atoms with van der Waals surface area (Å²) in [6.07, 6.45) is 1.58. The summed E-state index contributed by atoms with van der Waals surface area (Å²) in [6, 6.07) is 3.33. The Kier molecular flexibility index (Phi) is 4.11. The van der Waals surface area contributed by atoms with Gasteiger partial charge in [-0.25, -0.2) is 14.8 Å². The molecule has 6 heteroatoms. The highest BCUT2D eigenvalue weighted by molar-refractivity contribution is 7.09. The Morgan fingerprint density at radius 3 is 2.95 bits per heavy atom. The first-order valence-corrected chi connectivity index (χ1v) is 6.71. The quantitative estimate of drug-likeness (QED) is 0.871. The average Bonchev–Trinajstić information content (AvgIpc) is 2.85. The fourth-order valence-electron chi connectivity index (χ4n) is 1.61. The van der Waals surface area contributed by atoms with E-state index in [1.807, 2.05) is 19.2 Å². The van der Waals surface area contributed by atoms with Crippen molar-refractivity contribution in [3.63, 3.8) is 0 Å². The van der Waals surface area contributed by atoms with E-state index >= 15 is 0 Å². The molecule has 1 unspecified atom stereocenters. The number of rotatable bonds is 4. The largest absolute Gasteiger partial charge is 0.465 e. The SMILES string of the molecule is COC(=O)c1ccnc(NC(C)c2nc(C)cs2)c1. The molecule has 5 nitrogen and oxygen atoms in total. The molecule has 0 fully saturated rings. The van der Waals surface area contributed by atoms with Crippen molar-refractivity contribution in [2.75, 3.05) is 12.4 Å². The van der Waals surface area contributed by atoms with E-state index in [0.29, 0.717) is 11.4 Å². The number of hydrogen-bond acceptors (Lipinski definition) is 6. The van der Waals surface area contributed by atoms with Crippen LogP contribution in [-0.2, 0) is 4.74 Å². The van der Waals surface area contributed by atoms with Gasteiger partial charge in [-0.2, -0.15) is 0 Å². The number of ether oxygens (including phenoxy) is 1. The molecular weight excluding hydrogens is 262 g/mol. The van der Waals surface area contributed by atoms with Gasteiger partial charge >= 0.3 is 5.97 Å². The van der Waals surface area contributed by atoms with Crippen molar-refractivity contribution >= 4 is 23.1 Å². The number of thiazole rings is 1. The predicted molar refractivity (Wildman–Crippen MR) is 74.5 cm³/mol. The van der Waals surface area contributed by atoms with Crippen LogP contribution in [0.15, 0.2) is 23.7 Å². The maximum atomic E-state index is 11.4. The second-order valence-corrected chi connectivity index (χ2v) is 5.00. The minimum atomic E-state index is -0.372. The van der Waals surface area contributed by atoms with Crippen LogP contribution in [0.2, 0.25) is 0 Å². The highest BCUT2D eigenvalue weighted by atomic mass is 32.1. The number of aryl methyl sites for hydroxylation is 1. The van der Waals surface area contributed by atoms with E-state index in [1.54, 1.807) is 29.7 Å². The minimum Gasteiger partial charge on any atom is -0.465 e. The van der Waals surface area contributed by atoms with Crippen LogP contribution in [0.3, 0.4) is 0 Å². The molecule has 2 heterocycles. The molecule has 0 bridgehead atoms. The number of pyridine rings is 1. The summed E-state index contributed by atoms with van der Waals surface area (Å²) in [5, 5.41) is 6.21. The molecule has 2 aromatic heterocycles. The number of esters is 1. The lowest BCUT2D eigenvalue weighted by Gasteiger charge is -2.12. The molecule has 2 aromatic rings. The van der Waals surface area contributed by atoms with Crippen molar-refractivity contribution in [1.29, 1.82) is 0 Å². The summed E-state index contributed by atoms with van der Waals surface area (Å²) in [7, 11) is 1.36. The monoisotopic (exact) mass is 277 g/mol. The van der Waals surface area contributed by atoms with Gasteiger partial charge in [0.15, 0.2) is 0 Å². The molecule has 0 aliphatic carbocycles. The summed E-state index contributed by atoms with van der Waals surface area (Å²) < 4.78 is 4.68. The van der Waals surface area contributed by atoms with Crippen molar-refractivity contribution < 1.29 is 9.53 Å². The lowest BCUT2D eigenvalue weighted by Crippen LogP contribution is -2.09. The number of nitrogens with one attached hydrogen (secondary N) is 1. The summed E-state index contributed by atoms with van der Waals surface area (Å²) in [6.45, 7) is 3.97. The summed E-state index contributed by atoms with van der Waals surface area (Å²) >= 11 is 1.60. The Labute approximate surface area is 115 Å². The fourth-order valence-corrected chi connectivity index (χ4v) is 2.41. The van der Waals surface area contributed by atoms with E-state index in [4.69, 9.17) is 0 Å². The predicted octanol–water partition coefficient (Wildman–Crippen LogP) is 2.81. The number of aromatic nitrogens is 2. The van der Waals surface area contributed by atoms with Gasteiger partial charge in [0.25, 0.3) is 0 Å². The first-order valence-electron chi connectivity index (χ1n) is 5.83. The van der Waals surface area contributed by atoms with Gasteiger partial charge in [0.05, 0.1) is 18.7 Å². The van der Waals surface area contributed by atoms with Crippen LogP contribution in [0.25, 0.3) is 0 Å². The first-order chi connectivity index (χ1) is 9.10. The van der Waals surface area contributed by atoms with E-state index in [9.17, 15) is 4.79 Å². The van der Waals surface area contributed by atoms with E-state index in [0.717, 1.165) is 10.7 Å². The van der Waals surface area contributed by atoms with Gasteiger partial charge < -0.3 is 10.1 Å². The molecule has 19 heavy (non-hydrogen) atoms. The number of methoxy groups -OCH3 is 1.